The van der Waals surface area contributed by atoms with Crippen molar-refractivity contribution < 1.29 is 9.84 Å². The van der Waals surface area contributed by atoms with Crippen molar-refractivity contribution in [1.29, 1.82) is 0 Å². The van der Waals surface area contributed by atoms with Gasteiger partial charge in [0.2, 0.25) is 0 Å². The quantitative estimate of drug-likeness (QED) is 0.357. The normalized spacial score (nSPS) is 49.8. The van der Waals surface area contributed by atoms with Crippen LogP contribution in [0, 0.1) is 39.4 Å². The van der Waals surface area contributed by atoms with Gasteiger partial charge in [0.25, 0.3) is 0 Å². The fourth-order valence-corrected chi connectivity index (χ4v) is 9.98. The number of ether oxygens (including phenoxy) is 1. The summed E-state index contributed by atoms with van der Waals surface area (Å²) < 4.78 is 5.90. The number of rotatable bonds is 4. The zero-order chi connectivity index (χ0) is 23.3. The van der Waals surface area contributed by atoms with Gasteiger partial charge in [0.15, 0.2) is 0 Å². The summed E-state index contributed by atoms with van der Waals surface area (Å²) in [6.45, 7) is 19.6. The molecule has 5 aliphatic rings. The van der Waals surface area contributed by atoms with Crippen LogP contribution in [0.4, 0.5) is 0 Å². The highest BCUT2D eigenvalue weighted by molar-refractivity contribution is 5.38. The number of fused-ring (bicyclic) bond motifs is 4. The minimum absolute atomic E-state index is 0.0402. The molecule has 0 amide bonds. The summed E-state index contributed by atoms with van der Waals surface area (Å²) in [5.41, 5.74) is 5.01. The number of epoxide rings is 1. The number of aliphatic hydroxyl groups is 1. The Bertz CT molecular complexity index is 808. The van der Waals surface area contributed by atoms with Gasteiger partial charge in [-0.25, -0.2) is 0 Å². The van der Waals surface area contributed by atoms with E-state index in [4.69, 9.17) is 4.74 Å². The molecule has 8 atom stereocenters. The number of aliphatic hydroxyl groups excluding tert-OH is 1. The summed E-state index contributed by atoms with van der Waals surface area (Å²) >= 11 is 0. The molecule has 0 spiro atoms. The molecule has 0 aromatic carbocycles. The van der Waals surface area contributed by atoms with E-state index in [-0.39, 0.29) is 17.1 Å². The zero-order valence-corrected chi connectivity index (χ0v) is 22.3. The SMILES string of the molecule is C[C@H](CC[C@H]1OC1(C)C)[C@H]1CC[C@@]2(C)C3=C(CC[C@]12C)[C@@]1(C)CC[C@H](O)C(C)(C)[C@@H]1CC3. The molecule has 1 aliphatic heterocycles. The van der Waals surface area contributed by atoms with Crippen molar-refractivity contribution in [3.8, 4) is 0 Å². The maximum Gasteiger partial charge on any atom is 0.0892 e. The van der Waals surface area contributed by atoms with Gasteiger partial charge >= 0.3 is 0 Å². The first-order valence-electron chi connectivity index (χ1n) is 13.9. The predicted octanol–water partition coefficient (Wildman–Crippen LogP) is 7.69. The third kappa shape index (κ3) is 3.03. The Morgan fingerprint density at radius 2 is 1.59 bits per heavy atom. The molecule has 2 nitrogen and oxygen atoms in total. The Balaban J connectivity index is 1.41. The molecule has 2 saturated carbocycles. The molecule has 0 unspecified atom stereocenters. The van der Waals surface area contributed by atoms with E-state index in [2.05, 4.69) is 55.4 Å². The monoisotopic (exact) mass is 442 g/mol. The van der Waals surface area contributed by atoms with Gasteiger partial charge in [-0.15, -0.1) is 0 Å². The van der Waals surface area contributed by atoms with E-state index in [0.717, 1.165) is 18.3 Å². The minimum Gasteiger partial charge on any atom is -0.393 e. The molecule has 1 heterocycles. The average Bonchev–Trinajstić information content (AvgIpc) is 3.22. The first-order valence-corrected chi connectivity index (χ1v) is 13.9. The van der Waals surface area contributed by atoms with Crippen LogP contribution in [0.1, 0.15) is 120 Å². The van der Waals surface area contributed by atoms with E-state index < -0.39 is 0 Å². The summed E-state index contributed by atoms with van der Waals surface area (Å²) in [6, 6.07) is 0. The van der Waals surface area contributed by atoms with Gasteiger partial charge < -0.3 is 9.84 Å². The van der Waals surface area contributed by atoms with Crippen LogP contribution in [0.2, 0.25) is 0 Å². The summed E-state index contributed by atoms with van der Waals surface area (Å²) in [7, 11) is 0. The average molecular weight is 443 g/mol. The van der Waals surface area contributed by atoms with Crippen molar-refractivity contribution in [3.63, 3.8) is 0 Å². The van der Waals surface area contributed by atoms with Crippen molar-refractivity contribution >= 4 is 0 Å². The molecule has 2 heteroatoms. The van der Waals surface area contributed by atoms with E-state index >= 15 is 0 Å². The Kier molecular flexibility index (Phi) is 5.19. The largest absolute Gasteiger partial charge is 0.393 e. The van der Waals surface area contributed by atoms with Crippen LogP contribution in [0.3, 0.4) is 0 Å². The maximum atomic E-state index is 10.8. The number of hydrogen-bond acceptors (Lipinski definition) is 2. The molecule has 3 fully saturated rings. The lowest BCUT2D eigenvalue weighted by Gasteiger charge is -2.62. The van der Waals surface area contributed by atoms with Crippen LogP contribution in [-0.4, -0.2) is 22.9 Å². The Morgan fingerprint density at radius 1 is 0.906 bits per heavy atom. The Morgan fingerprint density at radius 3 is 2.25 bits per heavy atom. The molecule has 0 aromatic rings. The van der Waals surface area contributed by atoms with Gasteiger partial charge in [-0.05, 0) is 117 Å². The molecule has 0 radical (unpaired) electrons. The molecule has 32 heavy (non-hydrogen) atoms. The molecule has 0 bridgehead atoms. The minimum atomic E-state index is -0.135. The van der Waals surface area contributed by atoms with E-state index in [1.807, 2.05) is 11.1 Å². The van der Waals surface area contributed by atoms with Gasteiger partial charge in [-0.3, -0.25) is 0 Å². The van der Waals surface area contributed by atoms with Crippen LogP contribution in [-0.2, 0) is 4.74 Å². The van der Waals surface area contributed by atoms with Gasteiger partial charge in [-0.2, -0.15) is 0 Å². The highest BCUT2D eigenvalue weighted by Crippen LogP contribution is 2.72. The van der Waals surface area contributed by atoms with Gasteiger partial charge in [0.05, 0.1) is 17.8 Å². The molecular formula is C30H50O2. The third-order valence-corrected chi connectivity index (χ3v) is 12.5. The molecular weight excluding hydrogens is 392 g/mol. The van der Waals surface area contributed by atoms with Crippen molar-refractivity contribution in [2.45, 2.75) is 137 Å². The van der Waals surface area contributed by atoms with Crippen molar-refractivity contribution in [1.82, 2.24) is 0 Å². The van der Waals surface area contributed by atoms with E-state index in [0.29, 0.717) is 28.3 Å². The number of allylic oxidation sites excluding steroid dienone is 2. The van der Waals surface area contributed by atoms with E-state index in [1.54, 1.807) is 0 Å². The topological polar surface area (TPSA) is 32.8 Å². The fraction of sp³-hybridized carbons (Fsp3) is 0.933. The lowest BCUT2D eigenvalue weighted by molar-refractivity contribution is -0.0962. The summed E-state index contributed by atoms with van der Waals surface area (Å²) in [5, 5.41) is 10.8. The van der Waals surface area contributed by atoms with E-state index in [1.165, 1.54) is 57.8 Å². The maximum absolute atomic E-state index is 10.8. The first kappa shape index (κ1) is 23.4. The second-order valence-electron chi connectivity index (χ2n) is 14.5. The number of hydrogen-bond donors (Lipinski definition) is 1. The summed E-state index contributed by atoms with van der Waals surface area (Å²) in [6.07, 6.45) is 13.1. The second kappa shape index (κ2) is 7.09. The Hall–Kier alpha value is -0.340. The molecule has 0 aromatic heterocycles. The van der Waals surface area contributed by atoms with Gasteiger partial charge in [-0.1, -0.05) is 52.7 Å². The predicted molar refractivity (Wildman–Crippen MR) is 132 cm³/mol. The second-order valence-corrected chi connectivity index (χ2v) is 14.5. The highest BCUT2D eigenvalue weighted by atomic mass is 16.6. The van der Waals surface area contributed by atoms with Crippen molar-refractivity contribution in [3.05, 3.63) is 11.1 Å². The first-order chi connectivity index (χ1) is 14.8. The Labute approximate surface area is 198 Å². The standard InChI is InChI=1S/C30H50O2/c1-19(9-12-25-27(4,5)32-25)20-13-17-30(8)22-10-11-23-26(2,3)24(31)15-16-28(23,6)21(22)14-18-29(20,30)7/h19-20,23-25,31H,9-18H2,1-8H3/t19-,20-,23+,24+,25-,28-,29-,30+/m1/s1. The van der Waals surface area contributed by atoms with Gasteiger partial charge in [0.1, 0.15) is 0 Å². The van der Waals surface area contributed by atoms with Crippen LogP contribution in [0.15, 0.2) is 11.1 Å². The van der Waals surface area contributed by atoms with Crippen LogP contribution >= 0.6 is 0 Å². The van der Waals surface area contributed by atoms with Crippen molar-refractivity contribution in [2.75, 3.05) is 0 Å². The smallest absolute Gasteiger partial charge is 0.0892 e. The van der Waals surface area contributed by atoms with Crippen LogP contribution in [0.25, 0.3) is 0 Å². The van der Waals surface area contributed by atoms with Crippen molar-refractivity contribution in [2.24, 2.45) is 39.4 Å². The molecule has 1 saturated heterocycles. The molecule has 4 aliphatic carbocycles. The highest BCUT2D eigenvalue weighted by Gasteiger charge is 2.63. The summed E-state index contributed by atoms with van der Waals surface area (Å²) in [4.78, 5) is 0. The van der Waals surface area contributed by atoms with Crippen LogP contribution in [0.5, 0.6) is 0 Å². The third-order valence-electron chi connectivity index (χ3n) is 12.5. The lowest BCUT2D eigenvalue weighted by Crippen LogP contribution is -2.55. The summed E-state index contributed by atoms with van der Waals surface area (Å²) in [5.74, 6) is 2.27. The lowest BCUT2D eigenvalue weighted by atomic mass is 9.43. The fourth-order valence-electron chi connectivity index (χ4n) is 9.98. The molecule has 5 rings (SSSR count). The molecule has 1 N–H and O–H groups in total. The van der Waals surface area contributed by atoms with E-state index in [9.17, 15) is 5.11 Å². The zero-order valence-electron chi connectivity index (χ0n) is 22.3. The van der Waals surface area contributed by atoms with Gasteiger partial charge in [0, 0.05) is 0 Å². The molecule has 182 valence electrons. The van der Waals surface area contributed by atoms with Crippen LogP contribution < -0.4 is 0 Å².